The van der Waals surface area contributed by atoms with E-state index in [1.54, 1.807) is 18.2 Å². The first kappa shape index (κ1) is 15.0. The maximum atomic E-state index is 12.7. The number of carbonyl (C=O) groups is 1. The van der Waals surface area contributed by atoms with Crippen molar-refractivity contribution in [1.82, 2.24) is 15.0 Å². The summed E-state index contributed by atoms with van der Waals surface area (Å²) < 4.78 is 16.3. The summed E-state index contributed by atoms with van der Waals surface area (Å²) in [6.07, 6.45) is 1.66. The summed E-state index contributed by atoms with van der Waals surface area (Å²) in [5.74, 6) is 2.92. The van der Waals surface area contributed by atoms with Crippen LogP contribution in [-0.2, 0) is 0 Å². The Balaban J connectivity index is 1.43. The van der Waals surface area contributed by atoms with Crippen molar-refractivity contribution in [2.75, 3.05) is 26.3 Å². The molecule has 0 saturated carbocycles. The molecular formula is C17H19N3O4. The van der Waals surface area contributed by atoms with Crippen LogP contribution in [0.25, 0.3) is 0 Å². The Hall–Kier alpha value is -2.57. The number of ether oxygens (including phenoxy) is 2. The van der Waals surface area contributed by atoms with Gasteiger partial charge in [0.15, 0.2) is 17.3 Å². The SMILES string of the molecule is Cc1noc(C2CCN(C(=O)c3ccc4c(c3)OCCO4)CC2)n1. The molecule has 1 saturated heterocycles. The number of amides is 1. The Morgan fingerprint density at radius 3 is 2.62 bits per heavy atom. The number of piperidine rings is 1. The molecule has 0 spiro atoms. The van der Waals surface area contributed by atoms with Gasteiger partial charge in [0.2, 0.25) is 5.89 Å². The third kappa shape index (κ3) is 2.81. The number of benzene rings is 1. The molecule has 7 nitrogen and oxygen atoms in total. The second-order valence-corrected chi connectivity index (χ2v) is 6.10. The molecule has 3 heterocycles. The van der Waals surface area contributed by atoms with Crippen LogP contribution in [0.15, 0.2) is 22.7 Å². The minimum absolute atomic E-state index is 0.0205. The number of carbonyl (C=O) groups excluding carboxylic acids is 1. The summed E-state index contributed by atoms with van der Waals surface area (Å²) in [6.45, 7) is 4.23. The first-order valence-corrected chi connectivity index (χ1v) is 8.20. The van der Waals surface area contributed by atoms with Gasteiger partial charge in [0.25, 0.3) is 5.91 Å². The largest absolute Gasteiger partial charge is 0.486 e. The van der Waals surface area contributed by atoms with Gasteiger partial charge in [-0.1, -0.05) is 5.16 Å². The number of nitrogens with zero attached hydrogens (tertiary/aromatic N) is 3. The van der Waals surface area contributed by atoms with Crippen LogP contribution in [0.5, 0.6) is 11.5 Å². The van der Waals surface area contributed by atoms with Crippen LogP contribution in [0.2, 0.25) is 0 Å². The molecule has 1 aromatic carbocycles. The maximum Gasteiger partial charge on any atom is 0.253 e. The summed E-state index contributed by atoms with van der Waals surface area (Å²) in [7, 11) is 0. The lowest BCUT2D eigenvalue weighted by Gasteiger charge is -2.30. The molecule has 4 rings (SSSR count). The molecule has 0 unspecified atom stereocenters. The van der Waals surface area contributed by atoms with E-state index in [0.717, 1.165) is 12.8 Å². The van der Waals surface area contributed by atoms with Crippen molar-refractivity contribution in [2.24, 2.45) is 0 Å². The topological polar surface area (TPSA) is 77.7 Å². The Kier molecular flexibility index (Phi) is 3.84. The highest BCUT2D eigenvalue weighted by Gasteiger charge is 2.28. The number of likely N-dealkylation sites (tertiary alicyclic amines) is 1. The van der Waals surface area contributed by atoms with Crippen LogP contribution < -0.4 is 9.47 Å². The fourth-order valence-corrected chi connectivity index (χ4v) is 3.17. The van der Waals surface area contributed by atoms with Crippen LogP contribution in [0.3, 0.4) is 0 Å². The van der Waals surface area contributed by atoms with Gasteiger partial charge < -0.3 is 18.9 Å². The highest BCUT2D eigenvalue weighted by Crippen LogP contribution is 2.32. The molecule has 0 bridgehead atoms. The molecule has 0 radical (unpaired) electrons. The van der Waals surface area contributed by atoms with E-state index in [0.29, 0.717) is 55.1 Å². The lowest BCUT2D eigenvalue weighted by molar-refractivity contribution is 0.0703. The number of rotatable bonds is 2. The van der Waals surface area contributed by atoms with Crippen molar-refractivity contribution in [3.05, 3.63) is 35.5 Å². The third-order valence-electron chi connectivity index (χ3n) is 4.46. The van der Waals surface area contributed by atoms with Crippen molar-refractivity contribution in [2.45, 2.75) is 25.7 Å². The van der Waals surface area contributed by atoms with Gasteiger partial charge in [-0.05, 0) is 38.0 Å². The number of aryl methyl sites for hydroxylation is 1. The number of hydrogen-bond donors (Lipinski definition) is 0. The zero-order chi connectivity index (χ0) is 16.5. The third-order valence-corrected chi connectivity index (χ3v) is 4.46. The standard InChI is InChI=1S/C17H19N3O4/c1-11-18-16(24-19-11)12-4-6-20(7-5-12)17(21)13-2-3-14-15(10-13)23-9-8-22-14/h2-3,10,12H,4-9H2,1H3. The second-order valence-electron chi connectivity index (χ2n) is 6.10. The Bertz CT molecular complexity index is 750. The molecule has 2 aliphatic rings. The van der Waals surface area contributed by atoms with E-state index in [1.807, 2.05) is 11.8 Å². The summed E-state index contributed by atoms with van der Waals surface area (Å²) in [5.41, 5.74) is 0.631. The predicted octanol–water partition coefficient (Wildman–Crippen LogP) is 2.17. The van der Waals surface area contributed by atoms with Gasteiger partial charge in [0.1, 0.15) is 13.2 Å². The molecule has 7 heteroatoms. The van der Waals surface area contributed by atoms with E-state index >= 15 is 0 Å². The van der Waals surface area contributed by atoms with E-state index in [-0.39, 0.29) is 11.8 Å². The average Bonchev–Trinajstić information content (AvgIpc) is 3.07. The average molecular weight is 329 g/mol. The van der Waals surface area contributed by atoms with Crippen molar-refractivity contribution < 1.29 is 18.8 Å². The molecule has 0 atom stereocenters. The molecule has 0 N–H and O–H groups in total. The Labute approximate surface area is 139 Å². The fraction of sp³-hybridized carbons (Fsp3) is 0.471. The zero-order valence-electron chi connectivity index (χ0n) is 13.5. The van der Waals surface area contributed by atoms with Gasteiger partial charge in [0, 0.05) is 24.6 Å². The monoisotopic (exact) mass is 329 g/mol. The molecule has 2 aliphatic heterocycles. The van der Waals surface area contributed by atoms with Crippen molar-refractivity contribution in [1.29, 1.82) is 0 Å². The maximum absolute atomic E-state index is 12.7. The number of hydrogen-bond acceptors (Lipinski definition) is 6. The van der Waals surface area contributed by atoms with E-state index in [2.05, 4.69) is 10.1 Å². The van der Waals surface area contributed by atoms with Gasteiger partial charge in [-0.2, -0.15) is 4.98 Å². The Morgan fingerprint density at radius 1 is 1.17 bits per heavy atom. The molecule has 1 fully saturated rings. The number of fused-ring (bicyclic) bond motifs is 1. The van der Waals surface area contributed by atoms with Gasteiger partial charge in [-0.3, -0.25) is 4.79 Å². The predicted molar refractivity (Wildman–Crippen MR) is 84.3 cm³/mol. The fourth-order valence-electron chi connectivity index (χ4n) is 3.17. The minimum atomic E-state index is 0.0205. The second kappa shape index (κ2) is 6.14. The van der Waals surface area contributed by atoms with Crippen LogP contribution in [-0.4, -0.2) is 47.3 Å². The first-order valence-electron chi connectivity index (χ1n) is 8.20. The molecule has 24 heavy (non-hydrogen) atoms. The molecule has 1 aromatic heterocycles. The first-order chi connectivity index (χ1) is 11.7. The molecular weight excluding hydrogens is 310 g/mol. The van der Waals surface area contributed by atoms with E-state index < -0.39 is 0 Å². The van der Waals surface area contributed by atoms with Crippen molar-refractivity contribution in [3.63, 3.8) is 0 Å². The lowest BCUT2D eigenvalue weighted by atomic mass is 9.96. The zero-order valence-corrected chi connectivity index (χ0v) is 13.5. The summed E-state index contributed by atoms with van der Waals surface area (Å²) in [4.78, 5) is 18.9. The number of aromatic nitrogens is 2. The molecule has 0 aliphatic carbocycles. The highest BCUT2D eigenvalue weighted by molar-refractivity contribution is 5.95. The summed E-state index contributed by atoms with van der Waals surface area (Å²) in [6, 6.07) is 5.36. The molecule has 126 valence electrons. The highest BCUT2D eigenvalue weighted by atomic mass is 16.6. The molecule has 1 amide bonds. The van der Waals surface area contributed by atoms with Gasteiger partial charge >= 0.3 is 0 Å². The summed E-state index contributed by atoms with van der Waals surface area (Å²) in [5, 5.41) is 3.84. The Morgan fingerprint density at radius 2 is 1.92 bits per heavy atom. The van der Waals surface area contributed by atoms with Gasteiger partial charge in [-0.15, -0.1) is 0 Å². The van der Waals surface area contributed by atoms with Crippen molar-refractivity contribution >= 4 is 5.91 Å². The van der Waals surface area contributed by atoms with E-state index in [1.165, 1.54) is 0 Å². The quantitative estimate of drug-likeness (QED) is 0.840. The van der Waals surface area contributed by atoms with Crippen molar-refractivity contribution in [3.8, 4) is 11.5 Å². The van der Waals surface area contributed by atoms with Crippen LogP contribution in [0.4, 0.5) is 0 Å². The van der Waals surface area contributed by atoms with E-state index in [4.69, 9.17) is 14.0 Å². The smallest absolute Gasteiger partial charge is 0.253 e. The van der Waals surface area contributed by atoms with Crippen LogP contribution in [0.1, 0.15) is 40.8 Å². The minimum Gasteiger partial charge on any atom is -0.486 e. The lowest BCUT2D eigenvalue weighted by Crippen LogP contribution is -2.38. The summed E-state index contributed by atoms with van der Waals surface area (Å²) >= 11 is 0. The normalized spacial score (nSPS) is 17.8. The van der Waals surface area contributed by atoms with Gasteiger partial charge in [-0.25, -0.2) is 0 Å². The van der Waals surface area contributed by atoms with Gasteiger partial charge in [0.05, 0.1) is 0 Å². The van der Waals surface area contributed by atoms with E-state index in [9.17, 15) is 4.79 Å². The van der Waals surface area contributed by atoms with Crippen LogP contribution >= 0.6 is 0 Å². The molecule has 2 aromatic rings. The van der Waals surface area contributed by atoms with Crippen LogP contribution in [0, 0.1) is 6.92 Å².